The first-order chi connectivity index (χ1) is 9.25. The molecule has 98 valence electrons. The van der Waals surface area contributed by atoms with Crippen LogP contribution in [-0.2, 0) is 0 Å². The maximum atomic E-state index is 12.5. The van der Waals surface area contributed by atoms with Crippen LogP contribution in [0.3, 0.4) is 0 Å². The number of aromatic nitrogens is 1. The van der Waals surface area contributed by atoms with Crippen LogP contribution in [-0.4, -0.2) is 28.5 Å². The predicted molar refractivity (Wildman–Crippen MR) is 83.6 cm³/mol. The van der Waals surface area contributed by atoms with E-state index in [4.69, 9.17) is 0 Å². The maximum Gasteiger partial charge on any atom is 0.270 e. The molecule has 0 spiro atoms. The van der Waals surface area contributed by atoms with Crippen LogP contribution in [0.2, 0.25) is 0 Å². The molecule has 1 aliphatic rings. The lowest BCUT2D eigenvalue weighted by Gasteiger charge is -2.17. The van der Waals surface area contributed by atoms with Gasteiger partial charge in [-0.1, -0.05) is 6.07 Å². The van der Waals surface area contributed by atoms with E-state index in [2.05, 4.69) is 34.7 Å². The van der Waals surface area contributed by atoms with Crippen LogP contribution in [0.25, 0.3) is 5.69 Å². The summed E-state index contributed by atoms with van der Waals surface area (Å²) >= 11 is 2.29. The van der Waals surface area contributed by atoms with Crippen molar-refractivity contribution in [2.24, 2.45) is 0 Å². The molecule has 1 amide bonds. The van der Waals surface area contributed by atoms with Crippen LogP contribution >= 0.6 is 22.6 Å². The van der Waals surface area contributed by atoms with Gasteiger partial charge < -0.3 is 9.47 Å². The number of carbonyl (C=O) groups is 1. The van der Waals surface area contributed by atoms with E-state index >= 15 is 0 Å². The highest BCUT2D eigenvalue weighted by Gasteiger charge is 2.22. The Bertz CT molecular complexity index is 600. The summed E-state index contributed by atoms with van der Waals surface area (Å²) in [7, 11) is 0. The van der Waals surface area contributed by atoms with Crippen LogP contribution in [0.4, 0.5) is 0 Å². The molecule has 0 bridgehead atoms. The van der Waals surface area contributed by atoms with E-state index in [9.17, 15) is 4.79 Å². The van der Waals surface area contributed by atoms with Crippen molar-refractivity contribution in [1.82, 2.24) is 9.47 Å². The molecule has 0 N–H and O–H groups in total. The monoisotopic (exact) mass is 366 g/mol. The van der Waals surface area contributed by atoms with Crippen molar-refractivity contribution in [3.05, 3.63) is 51.9 Å². The quantitative estimate of drug-likeness (QED) is 0.749. The van der Waals surface area contributed by atoms with Gasteiger partial charge in [0.05, 0.1) is 0 Å². The highest BCUT2D eigenvalue weighted by Crippen LogP contribution is 2.19. The van der Waals surface area contributed by atoms with Gasteiger partial charge in [-0.3, -0.25) is 4.79 Å². The summed E-state index contributed by atoms with van der Waals surface area (Å²) in [4.78, 5) is 14.4. The van der Waals surface area contributed by atoms with Gasteiger partial charge in [-0.25, -0.2) is 0 Å². The fraction of sp³-hybridized carbons (Fsp3) is 0.267. The Labute approximate surface area is 126 Å². The molecule has 4 heteroatoms. The highest BCUT2D eigenvalue weighted by molar-refractivity contribution is 14.1. The Hall–Kier alpha value is -1.30. The lowest BCUT2D eigenvalue weighted by molar-refractivity contribution is 0.0785. The van der Waals surface area contributed by atoms with E-state index in [1.54, 1.807) is 0 Å². The number of nitrogens with zero attached hydrogens (tertiary/aromatic N) is 2. The predicted octanol–water partition coefficient (Wildman–Crippen LogP) is 3.32. The number of likely N-dealkylation sites (tertiary alicyclic amines) is 1. The standard InChI is InChI=1S/C15H15IN2O/c16-12-5-3-6-13(11-12)18-10-4-7-14(18)15(19)17-8-1-2-9-17/h3-7,10-11H,1-2,8-9H2. The lowest BCUT2D eigenvalue weighted by Crippen LogP contribution is -2.29. The first-order valence-corrected chi connectivity index (χ1v) is 7.56. The van der Waals surface area contributed by atoms with Crippen LogP contribution < -0.4 is 0 Å². The number of rotatable bonds is 2. The number of carbonyl (C=O) groups excluding carboxylic acids is 1. The first-order valence-electron chi connectivity index (χ1n) is 6.48. The van der Waals surface area contributed by atoms with Crippen molar-refractivity contribution in [2.75, 3.05) is 13.1 Å². The van der Waals surface area contributed by atoms with Gasteiger partial charge in [0.1, 0.15) is 5.69 Å². The third kappa shape index (κ3) is 2.54. The molecule has 3 nitrogen and oxygen atoms in total. The molecule has 3 rings (SSSR count). The minimum Gasteiger partial charge on any atom is -0.337 e. The lowest BCUT2D eigenvalue weighted by atomic mass is 10.3. The van der Waals surface area contributed by atoms with Gasteiger partial charge in [-0.15, -0.1) is 0 Å². The Morgan fingerprint density at radius 1 is 1.11 bits per heavy atom. The molecule has 19 heavy (non-hydrogen) atoms. The van der Waals surface area contributed by atoms with E-state index < -0.39 is 0 Å². The van der Waals surface area contributed by atoms with Gasteiger partial charge in [-0.2, -0.15) is 0 Å². The second-order valence-electron chi connectivity index (χ2n) is 4.74. The molecule has 1 aromatic carbocycles. The molecule has 0 atom stereocenters. The molecule has 1 aromatic heterocycles. The largest absolute Gasteiger partial charge is 0.337 e. The van der Waals surface area contributed by atoms with Gasteiger partial charge in [0.15, 0.2) is 0 Å². The maximum absolute atomic E-state index is 12.5. The number of halogens is 1. The van der Waals surface area contributed by atoms with Crippen molar-refractivity contribution >= 4 is 28.5 Å². The van der Waals surface area contributed by atoms with E-state index in [0.717, 1.165) is 37.3 Å². The van der Waals surface area contributed by atoms with Crippen molar-refractivity contribution in [2.45, 2.75) is 12.8 Å². The van der Waals surface area contributed by atoms with Gasteiger partial charge in [0.2, 0.25) is 0 Å². The number of benzene rings is 1. The second-order valence-corrected chi connectivity index (χ2v) is 5.99. The molecule has 0 aliphatic carbocycles. The zero-order valence-corrected chi connectivity index (χ0v) is 12.7. The molecule has 1 saturated heterocycles. The average molecular weight is 366 g/mol. The molecular formula is C15H15IN2O. The topological polar surface area (TPSA) is 25.2 Å². The third-order valence-electron chi connectivity index (χ3n) is 3.45. The van der Waals surface area contributed by atoms with E-state index in [1.165, 1.54) is 3.57 Å². The molecule has 1 aliphatic heterocycles. The average Bonchev–Trinajstić information content (AvgIpc) is 3.09. The van der Waals surface area contributed by atoms with Crippen molar-refractivity contribution in [3.8, 4) is 5.69 Å². The Morgan fingerprint density at radius 3 is 2.63 bits per heavy atom. The highest BCUT2D eigenvalue weighted by atomic mass is 127. The Morgan fingerprint density at radius 2 is 1.89 bits per heavy atom. The summed E-state index contributed by atoms with van der Waals surface area (Å²) in [6.07, 6.45) is 4.19. The van der Waals surface area contributed by atoms with E-state index in [-0.39, 0.29) is 5.91 Å². The van der Waals surface area contributed by atoms with Gasteiger partial charge in [-0.05, 0) is 65.8 Å². The van der Waals surface area contributed by atoms with Gasteiger partial charge in [0.25, 0.3) is 5.91 Å². The van der Waals surface area contributed by atoms with Crippen LogP contribution in [0.1, 0.15) is 23.3 Å². The molecule has 1 fully saturated rings. The summed E-state index contributed by atoms with van der Waals surface area (Å²) in [5.41, 5.74) is 1.79. The third-order valence-corrected chi connectivity index (χ3v) is 4.12. The number of hydrogen-bond donors (Lipinski definition) is 0. The number of hydrogen-bond acceptors (Lipinski definition) is 1. The SMILES string of the molecule is O=C(c1cccn1-c1cccc(I)c1)N1CCCC1. The summed E-state index contributed by atoms with van der Waals surface area (Å²) < 4.78 is 3.14. The number of amides is 1. The zero-order chi connectivity index (χ0) is 13.2. The fourth-order valence-electron chi connectivity index (χ4n) is 2.49. The molecular weight excluding hydrogens is 351 g/mol. The minimum absolute atomic E-state index is 0.140. The molecule has 2 heterocycles. The van der Waals surface area contributed by atoms with Crippen LogP contribution in [0, 0.1) is 3.57 Å². The fourth-order valence-corrected chi connectivity index (χ4v) is 3.02. The normalized spacial score (nSPS) is 14.9. The molecule has 0 unspecified atom stereocenters. The summed E-state index contributed by atoms with van der Waals surface area (Å²) in [6, 6.07) is 12.0. The minimum atomic E-state index is 0.140. The summed E-state index contributed by atoms with van der Waals surface area (Å²) in [5, 5.41) is 0. The Balaban J connectivity index is 1.96. The van der Waals surface area contributed by atoms with E-state index in [0.29, 0.717) is 0 Å². The Kier molecular flexibility index (Phi) is 3.59. The molecule has 2 aromatic rings. The summed E-state index contributed by atoms with van der Waals surface area (Å²) in [6.45, 7) is 1.77. The van der Waals surface area contributed by atoms with Crippen molar-refractivity contribution in [3.63, 3.8) is 0 Å². The van der Waals surface area contributed by atoms with Crippen LogP contribution in [0.15, 0.2) is 42.6 Å². The van der Waals surface area contributed by atoms with Gasteiger partial charge in [0, 0.05) is 28.5 Å². The first kappa shape index (κ1) is 12.7. The zero-order valence-electron chi connectivity index (χ0n) is 10.6. The van der Waals surface area contributed by atoms with E-state index in [1.807, 2.05) is 39.9 Å². The van der Waals surface area contributed by atoms with Crippen LogP contribution in [0.5, 0.6) is 0 Å². The smallest absolute Gasteiger partial charge is 0.270 e. The van der Waals surface area contributed by atoms with Gasteiger partial charge >= 0.3 is 0 Å². The van der Waals surface area contributed by atoms with Crippen molar-refractivity contribution in [1.29, 1.82) is 0 Å². The second kappa shape index (κ2) is 5.36. The molecule has 0 radical (unpaired) electrons. The summed E-state index contributed by atoms with van der Waals surface area (Å²) in [5.74, 6) is 0.140. The van der Waals surface area contributed by atoms with Crippen molar-refractivity contribution < 1.29 is 4.79 Å². The molecule has 0 saturated carbocycles.